The minimum absolute atomic E-state index is 0.0659. The first-order valence-electron chi connectivity index (χ1n) is 3.99. The molecule has 0 fully saturated rings. The van der Waals surface area contributed by atoms with E-state index in [0.717, 1.165) is 10.0 Å². The molecule has 0 aromatic heterocycles. The zero-order valence-corrected chi connectivity index (χ0v) is 9.81. The van der Waals surface area contributed by atoms with E-state index in [4.69, 9.17) is 21.4 Å². The zero-order chi connectivity index (χ0) is 10.6. The summed E-state index contributed by atoms with van der Waals surface area (Å²) in [4.78, 5) is 0. The van der Waals surface area contributed by atoms with Crippen molar-refractivity contribution >= 4 is 27.5 Å². The molecule has 14 heavy (non-hydrogen) atoms. The summed E-state index contributed by atoms with van der Waals surface area (Å²) in [5.74, 6) is 0.608. The Balaban J connectivity index is 2.87. The van der Waals surface area contributed by atoms with Crippen LogP contribution in [0.15, 0.2) is 34.3 Å². The maximum atomic E-state index is 9.05. The first-order chi connectivity index (χ1) is 6.65. The van der Waals surface area contributed by atoms with E-state index in [-0.39, 0.29) is 13.2 Å². The molecule has 0 aliphatic heterocycles. The highest BCUT2D eigenvalue weighted by Crippen LogP contribution is 2.29. The van der Waals surface area contributed by atoms with Crippen LogP contribution in [-0.2, 0) is 6.61 Å². The molecule has 4 heteroatoms. The summed E-state index contributed by atoms with van der Waals surface area (Å²) in [5.41, 5.74) is 0.720. The largest absolute Gasteiger partial charge is 0.486 e. The quantitative estimate of drug-likeness (QED) is 0.916. The van der Waals surface area contributed by atoms with Gasteiger partial charge in [-0.3, -0.25) is 0 Å². The lowest BCUT2D eigenvalue weighted by molar-refractivity contribution is 0.269. The molecule has 0 bridgehead atoms. The van der Waals surface area contributed by atoms with Crippen LogP contribution >= 0.6 is 27.5 Å². The van der Waals surface area contributed by atoms with E-state index < -0.39 is 0 Å². The molecule has 1 aromatic carbocycles. The van der Waals surface area contributed by atoms with Gasteiger partial charge in [-0.1, -0.05) is 30.3 Å². The van der Waals surface area contributed by atoms with Gasteiger partial charge < -0.3 is 9.84 Å². The molecule has 0 heterocycles. The van der Waals surface area contributed by atoms with Crippen molar-refractivity contribution in [3.63, 3.8) is 0 Å². The molecule has 0 radical (unpaired) electrons. The molecule has 76 valence electrons. The van der Waals surface area contributed by atoms with E-state index in [1.54, 1.807) is 6.07 Å². The molecular formula is C10H10BrClO2. The summed E-state index contributed by atoms with van der Waals surface area (Å²) >= 11 is 8.91. The van der Waals surface area contributed by atoms with Crippen molar-refractivity contribution < 1.29 is 9.84 Å². The third kappa shape index (κ3) is 3.01. The van der Waals surface area contributed by atoms with Gasteiger partial charge in [0.25, 0.3) is 0 Å². The highest BCUT2D eigenvalue weighted by molar-refractivity contribution is 9.10. The summed E-state index contributed by atoms with van der Waals surface area (Å²) in [6.07, 6.45) is 0. The summed E-state index contributed by atoms with van der Waals surface area (Å²) in [5, 5.41) is 9.47. The Morgan fingerprint density at radius 3 is 2.86 bits per heavy atom. The maximum absolute atomic E-state index is 9.05. The van der Waals surface area contributed by atoms with E-state index in [1.807, 2.05) is 12.1 Å². The first-order valence-corrected chi connectivity index (χ1v) is 5.16. The molecule has 1 aromatic rings. The zero-order valence-electron chi connectivity index (χ0n) is 7.46. The van der Waals surface area contributed by atoms with Gasteiger partial charge >= 0.3 is 0 Å². The number of hydrogen-bond acceptors (Lipinski definition) is 2. The van der Waals surface area contributed by atoms with Crippen molar-refractivity contribution in [3.8, 4) is 5.75 Å². The molecule has 0 atom stereocenters. The van der Waals surface area contributed by atoms with Crippen molar-refractivity contribution in [2.45, 2.75) is 6.61 Å². The molecule has 0 aliphatic rings. The third-order valence-electron chi connectivity index (χ3n) is 1.59. The third-order valence-corrected chi connectivity index (χ3v) is 2.33. The van der Waals surface area contributed by atoms with Gasteiger partial charge in [0.15, 0.2) is 0 Å². The summed E-state index contributed by atoms with van der Waals surface area (Å²) < 4.78 is 6.18. The lowest BCUT2D eigenvalue weighted by atomic mass is 10.2. The van der Waals surface area contributed by atoms with E-state index in [1.165, 1.54) is 0 Å². The van der Waals surface area contributed by atoms with Gasteiger partial charge in [-0.15, -0.1) is 0 Å². The van der Waals surface area contributed by atoms with Crippen molar-refractivity contribution in [1.82, 2.24) is 0 Å². The van der Waals surface area contributed by atoms with Crippen LogP contribution in [0.25, 0.3) is 0 Å². The average molecular weight is 278 g/mol. The molecule has 0 saturated heterocycles. The van der Waals surface area contributed by atoms with Crippen LogP contribution in [-0.4, -0.2) is 11.7 Å². The lowest BCUT2D eigenvalue weighted by Crippen LogP contribution is -2.00. The Hall–Kier alpha value is -0.510. The number of hydrogen-bond donors (Lipinski definition) is 1. The molecule has 0 spiro atoms. The summed E-state index contributed by atoms with van der Waals surface area (Å²) in [6, 6.07) is 5.46. The first kappa shape index (κ1) is 11.6. The summed E-state index contributed by atoms with van der Waals surface area (Å²) in [7, 11) is 0. The number of ether oxygens (including phenoxy) is 1. The Labute approximate surface area is 96.3 Å². The van der Waals surface area contributed by atoms with Crippen molar-refractivity contribution in [2.24, 2.45) is 0 Å². The Kier molecular flexibility index (Phi) is 4.45. The fourth-order valence-corrected chi connectivity index (χ4v) is 1.57. The number of aliphatic hydroxyl groups excluding tert-OH is 1. The van der Waals surface area contributed by atoms with Crippen LogP contribution in [0.5, 0.6) is 5.75 Å². The number of para-hydroxylation sites is 1. The minimum atomic E-state index is -0.0659. The predicted octanol–water partition coefficient (Wildman–Crippen LogP) is 3.07. The molecule has 0 saturated carbocycles. The van der Waals surface area contributed by atoms with Gasteiger partial charge in [0.2, 0.25) is 0 Å². The minimum Gasteiger partial charge on any atom is -0.486 e. The molecule has 0 amide bonds. The average Bonchev–Trinajstić information content (AvgIpc) is 2.15. The van der Waals surface area contributed by atoms with Gasteiger partial charge in [-0.2, -0.15) is 0 Å². The highest BCUT2D eigenvalue weighted by atomic mass is 79.9. The molecule has 2 nitrogen and oxygen atoms in total. The number of halogens is 2. The fourth-order valence-electron chi connectivity index (χ4n) is 0.990. The van der Waals surface area contributed by atoms with Crippen molar-refractivity contribution in [2.75, 3.05) is 6.61 Å². The SMILES string of the molecule is C=C(Cl)COc1c(Br)cccc1CO. The van der Waals surface area contributed by atoms with E-state index in [0.29, 0.717) is 10.8 Å². The van der Waals surface area contributed by atoms with Crippen LogP contribution < -0.4 is 4.74 Å². The number of rotatable bonds is 4. The van der Waals surface area contributed by atoms with Crippen LogP contribution in [0.1, 0.15) is 5.56 Å². The Morgan fingerprint density at radius 1 is 1.57 bits per heavy atom. The van der Waals surface area contributed by atoms with E-state index >= 15 is 0 Å². The van der Waals surface area contributed by atoms with E-state index in [2.05, 4.69) is 22.5 Å². The number of aliphatic hydroxyl groups is 1. The predicted molar refractivity (Wildman–Crippen MR) is 60.6 cm³/mol. The highest BCUT2D eigenvalue weighted by Gasteiger charge is 2.06. The monoisotopic (exact) mass is 276 g/mol. The van der Waals surface area contributed by atoms with Crippen molar-refractivity contribution in [1.29, 1.82) is 0 Å². The van der Waals surface area contributed by atoms with Gasteiger partial charge in [0.1, 0.15) is 12.4 Å². The lowest BCUT2D eigenvalue weighted by Gasteiger charge is -2.10. The van der Waals surface area contributed by atoms with Crippen LogP contribution in [0.3, 0.4) is 0 Å². The van der Waals surface area contributed by atoms with Gasteiger partial charge in [0, 0.05) is 10.6 Å². The van der Waals surface area contributed by atoms with Gasteiger partial charge in [0.05, 0.1) is 11.1 Å². The second-order valence-electron chi connectivity index (χ2n) is 2.69. The topological polar surface area (TPSA) is 29.5 Å². The molecular weight excluding hydrogens is 267 g/mol. The molecule has 0 aliphatic carbocycles. The van der Waals surface area contributed by atoms with Crippen molar-refractivity contribution in [3.05, 3.63) is 39.8 Å². The standard InChI is InChI=1S/C10H10BrClO2/c1-7(12)6-14-10-8(5-13)3-2-4-9(10)11/h2-4,13H,1,5-6H2. The van der Waals surface area contributed by atoms with Crippen LogP contribution in [0.2, 0.25) is 0 Å². The molecule has 0 unspecified atom stereocenters. The maximum Gasteiger partial charge on any atom is 0.139 e. The number of benzene rings is 1. The van der Waals surface area contributed by atoms with E-state index in [9.17, 15) is 0 Å². The van der Waals surface area contributed by atoms with Crippen LogP contribution in [0, 0.1) is 0 Å². The smallest absolute Gasteiger partial charge is 0.139 e. The normalized spacial score (nSPS) is 9.93. The Bertz CT molecular complexity index is 339. The second kappa shape index (κ2) is 5.39. The summed E-state index contributed by atoms with van der Waals surface area (Å²) in [6.45, 7) is 3.69. The van der Waals surface area contributed by atoms with Crippen LogP contribution in [0.4, 0.5) is 0 Å². The van der Waals surface area contributed by atoms with Gasteiger partial charge in [-0.25, -0.2) is 0 Å². The fraction of sp³-hybridized carbons (Fsp3) is 0.200. The van der Waals surface area contributed by atoms with Gasteiger partial charge in [-0.05, 0) is 22.0 Å². The Morgan fingerprint density at radius 2 is 2.29 bits per heavy atom. The second-order valence-corrected chi connectivity index (χ2v) is 4.08. The molecule has 1 rings (SSSR count). The molecule has 1 N–H and O–H groups in total.